The van der Waals surface area contributed by atoms with E-state index < -0.39 is 0 Å². The summed E-state index contributed by atoms with van der Waals surface area (Å²) in [6, 6.07) is 0. The first-order valence-corrected chi connectivity index (χ1v) is 8.11. The number of alkyl halides is 1. The highest BCUT2D eigenvalue weighted by atomic mass is 35.5. The summed E-state index contributed by atoms with van der Waals surface area (Å²) in [7, 11) is 0. The molecule has 17 heavy (non-hydrogen) atoms. The zero-order valence-electron chi connectivity index (χ0n) is 11.5. The lowest BCUT2D eigenvalue weighted by atomic mass is 9.96. The highest BCUT2D eigenvalue weighted by Crippen LogP contribution is 2.25. The number of rotatable bonds is 5. The van der Waals surface area contributed by atoms with Gasteiger partial charge in [-0.2, -0.15) is 0 Å². The molecule has 1 rings (SSSR count). The van der Waals surface area contributed by atoms with Crippen molar-refractivity contribution in [2.75, 3.05) is 0 Å². The van der Waals surface area contributed by atoms with Gasteiger partial charge in [0.25, 0.3) is 0 Å². The molecule has 1 unspecified atom stereocenters. The second kappa shape index (κ2) is 10.00. The molecular formula is C16H29Cl. The van der Waals surface area contributed by atoms with Gasteiger partial charge in [-0.05, 0) is 32.1 Å². The van der Waals surface area contributed by atoms with Crippen LogP contribution in [0.2, 0.25) is 0 Å². The molecule has 0 bridgehead atoms. The maximum absolute atomic E-state index is 6.55. The van der Waals surface area contributed by atoms with E-state index in [1.165, 1.54) is 77.0 Å². The fourth-order valence-electron chi connectivity index (χ4n) is 2.61. The molecule has 0 saturated carbocycles. The van der Waals surface area contributed by atoms with E-state index in [0.29, 0.717) is 5.38 Å². The van der Waals surface area contributed by atoms with Crippen molar-refractivity contribution < 1.29 is 0 Å². The molecular weight excluding hydrogens is 228 g/mol. The Hall–Kier alpha value is 0.0300. The van der Waals surface area contributed by atoms with Crippen LogP contribution in [0.1, 0.15) is 84.0 Å². The van der Waals surface area contributed by atoms with Gasteiger partial charge >= 0.3 is 0 Å². The van der Waals surface area contributed by atoms with Crippen LogP contribution in [0.25, 0.3) is 0 Å². The van der Waals surface area contributed by atoms with Gasteiger partial charge in [0.1, 0.15) is 0 Å². The van der Waals surface area contributed by atoms with E-state index in [-0.39, 0.29) is 0 Å². The van der Waals surface area contributed by atoms with Crippen LogP contribution in [-0.4, -0.2) is 5.38 Å². The lowest BCUT2D eigenvalue weighted by Crippen LogP contribution is -2.04. The minimum absolute atomic E-state index is 0.320. The Bertz CT molecular complexity index is 208. The number of hydrogen-bond donors (Lipinski definition) is 0. The molecule has 0 amide bonds. The van der Waals surface area contributed by atoms with Crippen molar-refractivity contribution in [1.82, 2.24) is 0 Å². The van der Waals surface area contributed by atoms with Crippen LogP contribution in [0.3, 0.4) is 0 Å². The number of hydrogen-bond acceptors (Lipinski definition) is 0. The number of halogens is 1. The first-order valence-electron chi connectivity index (χ1n) is 7.67. The third-order valence-electron chi connectivity index (χ3n) is 3.79. The van der Waals surface area contributed by atoms with Crippen LogP contribution < -0.4 is 0 Å². The molecule has 0 N–H and O–H groups in total. The van der Waals surface area contributed by atoms with Gasteiger partial charge in [-0.1, -0.05) is 63.5 Å². The first kappa shape index (κ1) is 15.1. The van der Waals surface area contributed by atoms with E-state index in [0.717, 1.165) is 0 Å². The minimum Gasteiger partial charge on any atom is -0.118 e. The molecule has 1 atom stereocenters. The maximum Gasteiger partial charge on any atom is 0.0545 e. The predicted molar refractivity (Wildman–Crippen MR) is 78.8 cm³/mol. The molecule has 0 heterocycles. The molecule has 0 aromatic rings. The van der Waals surface area contributed by atoms with Gasteiger partial charge in [-0.25, -0.2) is 0 Å². The highest BCUT2D eigenvalue weighted by Gasteiger charge is 2.11. The van der Waals surface area contributed by atoms with Crippen molar-refractivity contribution >= 4 is 11.6 Å². The standard InChI is InChI=1S/C16H29Cl/c1-2-3-9-14-16(17)15-12-10-7-5-4-6-8-11-13-15/h12,16H,2-11,13-14H2,1H3. The number of unbranched alkanes of at least 4 members (excludes halogenated alkanes) is 2. The van der Waals surface area contributed by atoms with Crippen LogP contribution in [0, 0.1) is 0 Å². The van der Waals surface area contributed by atoms with Crippen molar-refractivity contribution in [3.05, 3.63) is 11.6 Å². The van der Waals surface area contributed by atoms with Gasteiger partial charge < -0.3 is 0 Å². The molecule has 1 aliphatic rings. The second-order valence-electron chi connectivity index (χ2n) is 5.40. The Labute approximate surface area is 113 Å². The highest BCUT2D eigenvalue weighted by molar-refractivity contribution is 6.22. The van der Waals surface area contributed by atoms with Gasteiger partial charge in [-0.3, -0.25) is 0 Å². The van der Waals surface area contributed by atoms with Gasteiger partial charge in [-0.15, -0.1) is 11.6 Å². The Morgan fingerprint density at radius 2 is 1.76 bits per heavy atom. The van der Waals surface area contributed by atoms with Crippen LogP contribution in [0.15, 0.2) is 11.6 Å². The zero-order chi connectivity index (χ0) is 12.3. The van der Waals surface area contributed by atoms with Crippen LogP contribution >= 0.6 is 11.6 Å². The van der Waals surface area contributed by atoms with Gasteiger partial charge in [0.2, 0.25) is 0 Å². The summed E-state index contributed by atoms with van der Waals surface area (Å²) in [5, 5.41) is 0.320. The molecule has 0 fully saturated rings. The fraction of sp³-hybridized carbons (Fsp3) is 0.875. The fourth-order valence-corrected chi connectivity index (χ4v) is 2.97. The molecule has 0 spiro atoms. The smallest absolute Gasteiger partial charge is 0.0545 e. The van der Waals surface area contributed by atoms with Gasteiger partial charge in [0.15, 0.2) is 0 Å². The summed E-state index contributed by atoms with van der Waals surface area (Å²) in [5.41, 5.74) is 1.55. The molecule has 0 aromatic heterocycles. The molecule has 0 nitrogen and oxygen atoms in total. The van der Waals surface area contributed by atoms with Gasteiger partial charge in [0, 0.05) is 0 Å². The van der Waals surface area contributed by atoms with Crippen molar-refractivity contribution in [1.29, 1.82) is 0 Å². The quantitative estimate of drug-likeness (QED) is 0.311. The molecule has 0 aromatic carbocycles. The Balaban J connectivity index is 2.36. The van der Waals surface area contributed by atoms with Gasteiger partial charge in [0.05, 0.1) is 5.38 Å². The summed E-state index contributed by atoms with van der Waals surface area (Å²) < 4.78 is 0. The first-order chi connectivity index (χ1) is 8.34. The van der Waals surface area contributed by atoms with Crippen molar-refractivity contribution in [2.45, 2.75) is 89.4 Å². The molecule has 100 valence electrons. The second-order valence-corrected chi connectivity index (χ2v) is 5.93. The Morgan fingerprint density at radius 3 is 2.53 bits per heavy atom. The van der Waals surface area contributed by atoms with Crippen molar-refractivity contribution in [2.24, 2.45) is 0 Å². The Morgan fingerprint density at radius 1 is 1.06 bits per heavy atom. The lowest BCUT2D eigenvalue weighted by molar-refractivity contribution is 0.574. The Kier molecular flexibility index (Phi) is 8.88. The average molecular weight is 257 g/mol. The summed E-state index contributed by atoms with van der Waals surface area (Å²) in [6.07, 6.45) is 18.4. The lowest BCUT2D eigenvalue weighted by Gasteiger charge is -2.15. The van der Waals surface area contributed by atoms with E-state index in [9.17, 15) is 0 Å². The third kappa shape index (κ3) is 7.13. The van der Waals surface area contributed by atoms with Crippen LogP contribution in [-0.2, 0) is 0 Å². The topological polar surface area (TPSA) is 0 Å². The van der Waals surface area contributed by atoms with Crippen molar-refractivity contribution in [3.63, 3.8) is 0 Å². The normalized spacial score (nSPS) is 20.7. The van der Waals surface area contributed by atoms with Crippen LogP contribution in [0.5, 0.6) is 0 Å². The third-order valence-corrected chi connectivity index (χ3v) is 4.29. The van der Waals surface area contributed by atoms with E-state index in [1.807, 2.05) is 0 Å². The van der Waals surface area contributed by atoms with E-state index in [1.54, 1.807) is 5.57 Å². The molecule has 0 radical (unpaired) electrons. The molecule has 1 aliphatic carbocycles. The maximum atomic E-state index is 6.55. The molecule has 0 aliphatic heterocycles. The monoisotopic (exact) mass is 256 g/mol. The van der Waals surface area contributed by atoms with E-state index in [4.69, 9.17) is 11.6 Å². The number of allylic oxidation sites excluding steroid dienone is 2. The van der Waals surface area contributed by atoms with E-state index in [2.05, 4.69) is 13.0 Å². The molecule has 1 heteroatoms. The SMILES string of the molecule is CCCCCC(Cl)C1=CCCCCCCCC1. The van der Waals surface area contributed by atoms with Crippen molar-refractivity contribution in [3.8, 4) is 0 Å². The summed E-state index contributed by atoms with van der Waals surface area (Å²) in [5.74, 6) is 0. The largest absolute Gasteiger partial charge is 0.118 e. The summed E-state index contributed by atoms with van der Waals surface area (Å²) in [4.78, 5) is 0. The molecule has 0 saturated heterocycles. The minimum atomic E-state index is 0.320. The van der Waals surface area contributed by atoms with Crippen LogP contribution in [0.4, 0.5) is 0 Å². The average Bonchev–Trinajstić information content (AvgIpc) is 2.36. The summed E-state index contributed by atoms with van der Waals surface area (Å²) >= 11 is 6.55. The predicted octanol–water partition coefficient (Wildman–Crippen LogP) is 6.23. The summed E-state index contributed by atoms with van der Waals surface area (Å²) in [6.45, 7) is 2.26. The van der Waals surface area contributed by atoms with E-state index >= 15 is 0 Å². The zero-order valence-corrected chi connectivity index (χ0v) is 12.3.